The summed E-state index contributed by atoms with van der Waals surface area (Å²) in [4.78, 5) is 0. The van der Waals surface area contributed by atoms with E-state index in [1.54, 1.807) is 5.57 Å². The molecular formula is C19H29NO. The number of oxime groups is 1. The van der Waals surface area contributed by atoms with Gasteiger partial charge in [-0.25, -0.2) is 0 Å². The Morgan fingerprint density at radius 3 is 2.71 bits per heavy atom. The lowest BCUT2D eigenvalue weighted by atomic mass is 9.48. The molecule has 4 rings (SSSR count). The van der Waals surface area contributed by atoms with Crippen LogP contribution in [0.2, 0.25) is 0 Å². The van der Waals surface area contributed by atoms with E-state index in [1.807, 2.05) is 0 Å². The number of rotatable bonds is 0. The highest BCUT2D eigenvalue weighted by Gasteiger charge is 2.57. The van der Waals surface area contributed by atoms with Gasteiger partial charge in [0.15, 0.2) is 0 Å². The fourth-order valence-corrected chi connectivity index (χ4v) is 6.54. The number of nitrogens with zero attached hydrogens (tertiary/aromatic N) is 1. The van der Waals surface area contributed by atoms with Crippen LogP contribution in [-0.2, 0) is 0 Å². The lowest BCUT2D eigenvalue weighted by Crippen LogP contribution is -2.51. The first-order chi connectivity index (χ1) is 10.1. The van der Waals surface area contributed by atoms with E-state index in [1.165, 1.54) is 57.8 Å². The first kappa shape index (κ1) is 13.8. The van der Waals surface area contributed by atoms with Gasteiger partial charge in [0.2, 0.25) is 0 Å². The van der Waals surface area contributed by atoms with Crippen LogP contribution in [0, 0.1) is 28.6 Å². The molecule has 4 aliphatic carbocycles. The Bertz CT molecular complexity index is 508. The normalized spacial score (nSPS) is 51.0. The maximum Gasteiger partial charge on any atom is 0.0832 e. The Morgan fingerprint density at radius 2 is 1.90 bits per heavy atom. The van der Waals surface area contributed by atoms with Gasteiger partial charge in [0.25, 0.3) is 0 Å². The molecule has 1 N–H and O–H groups in total. The lowest BCUT2D eigenvalue weighted by molar-refractivity contribution is 0.00887. The Kier molecular flexibility index (Phi) is 3.03. The molecule has 0 saturated heterocycles. The van der Waals surface area contributed by atoms with Gasteiger partial charge in [-0.15, -0.1) is 0 Å². The Balaban J connectivity index is 1.80. The zero-order valence-electron chi connectivity index (χ0n) is 13.6. The predicted octanol–water partition coefficient (Wildman–Crippen LogP) is 5.17. The maximum atomic E-state index is 9.65. The van der Waals surface area contributed by atoms with Gasteiger partial charge in [-0.1, -0.05) is 37.4 Å². The van der Waals surface area contributed by atoms with E-state index < -0.39 is 0 Å². The van der Waals surface area contributed by atoms with Crippen LogP contribution in [0.5, 0.6) is 0 Å². The zero-order chi connectivity index (χ0) is 14.7. The molecule has 0 unspecified atom stereocenters. The molecule has 4 aliphatic rings. The van der Waals surface area contributed by atoms with Crippen molar-refractivity contribution < 1.29 is 5.21 Å². The van der Waals surface area contributed by atoms with E-state index in [-0.39, 0.29) is 0 Å². The molecule has 0 radical (unpaired) electrons. The first-order valence-corrected chi connectivity index (χ1v) is 9.01. The topological polar surface area (TPSA) is 32.6 Å². The molecule has 0 aromatic heterocycles. The van der Waals surface area contributed by atoms with Gasteiger partial charge in [-0.3, -0.25) is 0 Å². The summed E-state index contributed by atoms with van der Waals surface area (Å²) < 4.78 is 0. The van der Waals surface area contributed by atoms with Gasteiger partial charge in [0.05, 0.1) is 5.71 Å². The van der Waals surface area contributed by atoms with Gasteiger partial charge < -0.3 is 5.21 Å². The van der Waals surface area contributed by atoms with Crippen molar-refractivity contribution in [2.75, 3.05) is 0 Å². The molecule has 0 amide bonds. The van der Waals surface area contributed by atoms with E-state index >= 15 is 0 Å². The Labute approximate surface area is 128 Å². The van der Waals surface area contributed by atoms with Crippen LogP contribution in [0.15, 0.2) is 16.8 Å². The number of hydrogen-bond acceptors (Lipinski definition) is 2. The molecule has 5 atom stereocenters. The molecule has 21 heavy (non-hydrogen) atoms. The summed E-state index contributed by atoms with van der Waals surface area (Å²) in [6.07, 6.45) is 14.4. The Hall–Kier alpha value is -0.790. The second-order valence-corrected chi connectivity index (χ2v) is 8.64. The summed E-state index contributed by atoms with van der Waals surface area (Å²) >= 11 is 0. The summed E-state index contributed by atoms with van der Waals surface area (Å²) in [7, 11) is 0. The zero-order valence-corrected chi connectivity index (χ0v) is 13.6. The quantitative estimate of drug-likeness (QED) is 0.484. The van der Waals surface area contributed by atoms with Crippen LogP contribution in [-0.4, -0.2) is 10.9 Å². The second-order valence-electron chi connectivity index (χ2n) is 8.64. The Morgan fingerprint density at radius 1 is 1.05 bits per heavy atom. The maximum absolute atomic E-state index is 9.65. The monoisotopic (exact) mass is 287 g/mol. The van der Waals surface area contributed by atoms with Gasteiger partial charge in [0.1, 0.15) is 0 Å². The van der Waals surface area contributed by atoms with Crippen molar-refractivity contribution in [2.24, 2.45) is 33.7 Å². The van der Waals surface area contributed by atoms with Crippen molar-refractivity contribution in [1.82, 2.24) is 0 Å². The van der Waals surface area contributed by atoms with Crippen molar-refractivity contribution in [1.29, 1.82) is 0 Å². The van der Waals surface area contributed by atoms with Crippen molar-refractivity contribution >= 4 is 5.71 Å². The molecule has 0 spiro atoms. The fraction of sp³-hybridized carbons (Fsp3) is 0.842. The summed E-state index contributed by atoms with van der Waals surface area (Å²) in [6, 6.07) is 0. The van der Waals surface area contributed by atoms with Gasteiger partial charge in [0, 0.05) is 5.92 Å². The van der Waals surface area contributed by atoms with Crippen LogP contribution >= 0.6 is 0 Å². The molecule has 3 fully saturated rings. The third-order valence-corrected chi connectivity index (χ3v) is 7.77. The van der Waals surface area contributed by atoms with E-state index in [2.05, 4.69) is 25.1 Å². The first-order valence-electron chi connectivity index (χ1n) is 9.01. The lowest BCUT2D eigenvalue weighted by Gasteiger charge is -2.56. The summed E-state index contributed by atoms with van der Waals surface area (Å²) in [5.41, 5.74) is 3.51. The van der Waals surface area contributed by atoms with Gasteiger partial charge in [-0.2, -0.15) is 0 Å². The molecule has 0 aromatic rings. The molecule has 3 saturated carbocycles. The van der Waals surface area contributed by atoms with Gasteiger partial charge >= 0.3 is 0 Å². The third kappa shape index (κ3) is 1.80. The smallest absolute Gasteiger partial charge is 0.0832 e. The van der Waals surface area contributed by atoms with Gasteiger partial charge in [-0.05, 0) is 73.7 Å². The molecule has 2 heteroatoms. The summed E-state index contributed by atoms with van der Waals surface area (Å²) in [6.45, 7) is 5.01. The highest BCUT2D eigenvalue weighted by Crippen LogP contribution is 2.64. The van der Waals surface area contributed by atoms with E-state index in [9.17, 15) is 5.21 Å². The van der Waals surface area contributed by atoms with E-state index in [0.29, 0.717) is 16.7 Å². The van der Waals surface area contributed by atoms with E-state index in [0.717, 1.165) is 17.5 Å². The molecule has 116 valence electrons. The van der Waals surface area contributed by atoms with Crippen LogP contribution in [0.1, 0.15) is 71.6 Å². The van der Waals surface area contributed by atoms with Crippen molar-refractivity contribution in [3.63, 3.8) is 0 Å². The summed E-state index contributed by atoms with van der Waals surface area (Å²) in [5.74, 6) is 1.99. The highest BCUT2D eigenvalue weighted by atomic mass is 16.4. The largest absolute Gasteiger partial charge is 0.411 e. The molecular weight excluding hydrogens is 258 g/mol. The third-order valence-electron chi connectivity index (χ3n) is 7.77. The van der Waals surface area contributed by atoms with Crippen molar-refractivity contribution in [3.8, 4) is 0 Å². The molecule has 0 aromatic carbocycles. The predicted molar refractivity (Wildman–Crippen MR) is 85.5 cm³/mol. The minimum absolute atomic E-state index is 0.390. The molecule has 0 bridgehead atoms. The minimum Gasteiger partial charge on any atom is -0.411 e. The van der Waals surface area contributed by atoms with E-state index in [4.69, 9.17) is 0 Å². The minimum atomic E-state index is 0.390. The fourth-order valence-electron chi connectivity index (χ4n) is 6.54. The van der Waals surface area contributed by atoms with Crippen molar-refractivity contribution in [3.05, 3.63) is 11.6 Å². The SMILES string of the molecule is C[C@@]12CCC[C@H]1[C@@H]1C(=NO)C=C3CCCC[C@]3(C)[C@H]1CC2. The number of allylic oxidation sites excluding steroid dienone is 2. The average molecular weight is 287 g/mol. The average Bonchev–Trinajstić information content (AvgIpc) is 2.87. The molecule has 0 heterocycles. The highest BCUT2D eigenvalue weighted by molar-refractivity contribution is 5.99. The van der Waals surface area contributed by atoms with Crippen LogP contribution in [0.3, 0.4) is 0 Å². The van der Waals surface area contributed by atoms with Crippen molar-refractivity contribution in [2.45, 2.75) is 71.6 Å². The van der Waals surface area contributed by atoms with Crippen LogP contribution in [0.4, 0.5) is 0 Å². The second kappa shape index (κ2) is 4.60. The summed E-state index contributed by atoms with van der Waals surface area (Å²) in [5, 5.41) is 13.4. The molecule has 0 aliphatic heterocycles. The standard InChI is InChI=1S/C19H29NO/c1-18-9-5-7-14(18)17-15(8-11-18)19(2)10-4-3-6-13(19)12-16(17)20-21/h12,14-15,17,21H,3-11H2,1-2H3/t14-,15-,17-,18-,19-/m0/s1. The van der Waals surface area contributed by atoms with Crippen LogP contribution < -0.4 is 0 Å². The molecule has 2 nitrogen and oxygen atoms in total. The van der Waals surface area contributed by atoms with Crippen LogP contribution in [0.25, 0.3) is 0 Å². The number of fused-ring (bicyclic) bond motifs is 5. The number of hydrogen-bond donors (Lipinski definition) is 1.